The summed E-state index contributed by atoms with van der Waals surface area (Å²) < 4.78 is 61.3. The number of hydrogen-bond acceptors (Lipinski definition) is 4. The third kappa shape index (κ3) is 2.67. The molecule has 2 aliphatic heterocycles. The van der Waals surface area contributed by atoms with Crippen LogP contribution in [0.3, 0.4) is 0 Å². The van der Waals surface area contributed by atoms with E-state index in [-0.39, 0.29) is 29.2 Å². The average Bonchev–Trinajstić information content (AvgIpc) is 2.69. The van der Waals surface area contributed by atoms with Gasteiger partial charge in [-0.05, 0) is 62.3 Å². The van der Waals surface area contributed by atoms with Crippen LogP contribution in [0.25, 0.3) is 0 Å². The first-order valence-electron chi connectivity index (χ1n) is 9.18. The molecule has 4 nitrogen and oxygen atoms in total. The zero-order valence-corrected chi connectivity index (χ0v) is 16.9. The molecule has 2 unspecified atom stereocenters. The Hall–Kier alpha value is -1.70. The highest BCUT2D eigenvalue weighted by molar-refractivity contribution is 7.92. The molecule has 4 rings (SSSR count). The Morgan fingerprint density at radius 1 is 1.18 bits per heavy atom. The van der Waals surface area contributed by atoms with Crippen molar-refractivity contribution < 1.29 is 21.9 Å². The van der Waals surface area contributed by atoms with Gasteiger partial charge in [0, 0.05) is 5.02 Å². The summed E-state index contributed by atoms with van der Waals surface area (Å²) in [5.41, 5.74) is -0.197. The number of piperidine rings is 1. The molecule has 150 valence electrons. The Morgan fingerprint density at radius 2 is 1.86 bits per heavy atom. The van der Waals surface area contributed by atoms with Crippen LogP contribution in [0.4, 0.5) is 8.78 Å². The Balaban J connectivity index is 2.04. The first-order valence-corrected chi connectivity index (χ1v) is 11.0. The zero-order chi connectivity index (χ0) is 20.1. The molecule has 0 amide bonds. The maximum Gasteiger partial charge on any atom is 0.190 e. The topological polar surface area (TPSA) is 46.6 Å². The third-order valence-corrected chi connectivity index (χ3v) is 8.63. The van der Waals surface area contributed by atoms with Crippen molar-refractivity contribution in [1.29, 1.82) is 0 Å². The second kappa shape index (κ2) is 6.97. The predicted octanol–water partition coefficient (Wildman–Crippen LogP) is 4.16. The van der Waals surface area contributed by atoms with Crippen LogP contribution in [0.1, 0.15) is 25.3 Å². The van der Waals surface area contributed by atoms with Gasteiger partial charge in [-0.3, -0.25) is 4.90 Å². The summed E-state index contributed by atoms with van der Waals surface area (Å²) in [5, 5.41) is 0.399. The Kier molecular flexibility index (Phi) is 4.88. The van der Waals surface area contributed by atoms with Gasteiger partial charge in [0.1, 0.15) is 17.2 Å². The van der Waals surface area contributed by atoms with Crippen LogP contribution in [0.5, 0.6) is 5.75 Å². The van der Waals surface area contributed by atoms with Crippen LogP contribution in [0.2, 0.25) is 5.02 Å². The van der Waals surface area contributed by atoms with Crippen molar-refractivity contribution in [1.82, 2.24) is 4.90 Å². The summed E-state index contributed by atoms with van der Waals surface area (Å²) in [6.45, 7) is 3.16. The fraction of sp³-hybridized carbons (Fsp3) is 0.400. The number of likely N-dealkylation sites (N-methyl/N-ethyl adjacent to an activating group) is 1. The number of ether oxygens (including phenoxy) is 1. The summed E-state index contributed by atoms with van der Waals surface area (Å²) in [5.74, 6) is -1.82. The molecule has 2 aromatic rings. The summed E-state index contributed by atoms with van der Waals surface area (Å²) in [6, 6.07) is 7.14. The summed E-state index contributed by atoms with van der Waals surface area (Å²) in [7, 11) is -4.08. The van der Waals surface area contributed by atoms with E-state index in [1.165, 1.54) is 24.3 Å². The predicted molar refractivity (Wildman–Crippen MR) is 102 cm³/mol. The molecule has 0 N–H and O–H groups in total. The van der Waals surface area contributed by atoms with Gasteiger partial charge in [-0.1, -0.05) is 18.5 Å². The van der Waals surface area contributed by atoms with Gasteiger partial charge >= 0.3 is 0 Å². The fourth-order valence-corrected chi connectivity index (χ4v) is 7.06. The Labute approximate surface area is 168 Å². The van der Waals surface area contributed by atoms with Crippen molar-refractivity contribution in [2.24, 2.45) is 0 Å². The lowest BCUT2D eigenvalue weighted by Crippen LogP contribution is -2.62. The number of hydrogen-bond donors (Lipinski definition) is 0. The molecule has 1 fully saturated rings. The van der Waals surface area contributed by atoms with Gasteiger partial charge in [-0.25, -0.2) is 17.2 Å². The quantitative estimate of drug-likeness (QED) is 0.737. The molecule has 28 heavy (non-hydrogen) atoms. The minimum atomic E-state index is -4.08. The number of benzene rings is 2. The molecule has 0 spiro atoms. The maximum atomic E-state index is 15.1. The first-order chi connectivity index (χ1) is 13.3. The van der Waals surface area contributed by atoms with E-state index in [9.17, 15) is 12.8 Å². The largest absolute Gasteiger partial charge is 0.488 e. The molecule has 2 heterocycles. The molecular formula is C20H20ClF2NO3S. The molecule has 0 radical (unpaired) electrons. The van der Waals surface area contributed by atoms with Crippen molar-refractivity contribution in [3.8, 4) is 5.75 Å². The van der Waals surface area contributed by atoms with Crippen molar-refractivity contribution >= 4 is 21.4 Å². The van der Waals surface area contributed by atoms with Gasteiger partial charge in [-0.2, -0.15) is 0 Å². The molecular weight excluding hydrogens is 408 g/mol. The monoisotopic (exact) mass is 427 g/mol. The zero-order valence-electron chi connectivity index (χ0n) is 15.3. The molecule has 0 aromatic heterocycles. The van der Waals surface area contributed by atoms with E-state index in [0.29, 0.717) is 24.5 Å². The lowest BCUT2D eigenvalue weighted by molar-refractivity contribution is 0.0478. The van der Waals surface area contributed by atoms with E-state index < -0.39 is 32.3 Å². The van der Waals surface area contributed by atoms with Crippen molar-refractivity contribution in [3.05, 3.63) is 58.6 Å². The lowest BCUT2D eigenvalue weighted by Gasteiger charge is -2.51. The average molecular weight is 428 g/mol. The van der Waals surface area contributed by atoms with Gasteiger partial charge in [-0.15, -0.1) is 0 Å². The smallest absolute Gasteiger partial charge is 0.190 e. The molecule has 0 aliphatic carbocycles. The van der Waals surface area contributed by atoms with E-state index in [0.717, 1.165) is 12.1 Å². The molecule has 2 aromatic carbocycles. The molecule has 2 atom stereocenters. The number of likely N-dealkylation sites (tertiary alicyclic amines) is 1. The summed E-state index contributed by atoms with van der Waals surface area (Å²) in [6.07, 6.45) is 0.739. The standard InChI is InChI=1S/C20H20ClF2NO3S/c1-2-24-11-3-10-20(28(25,26)14-6-4-13(21)5-7-14)17(24)12-27-19-16(23)9-8-15(22)18(19)20/h4-9,17H,2-3,10-12H2,1H3. The highest BCUT2D eigenvalue weighted by Crippen LogP contribution is 2.53. The molecule has 0 saturated carbocycles. The van der Waals surface area contributed by atoms with Gasteiger partial charge < -0.3 is 4.74 Å². The van der Waals surface area contributed by atoms with E-state index >= 15 is 4.39 Å². The Bertz CT molecular complexity index is 1010. The van der Waals surface area contributed by atoms with E-state index in [1.807, 2.05) is 11.8 Å². The highest BCUT2D eigenvalue weighted by Gasteiger charge is 2.60. The first kappa shape index (κ1) is 19.6. The van der Waals surface area contributed by atoms with Crippen LogP contribution in [0.15, 0.2) is 41.3 Å². The van der Waals surface area contributed by atoms with E-state index in [1.54, 1.807) is 0 Å². The van der Waals surface area contributed by atoms with Crippen molar-refractivity contribution in [2.45, 2.75) is 35.4 Å². The number of rotatable bonds is 3. The normalized spacial score (nSPS) is 24.9. The van der Waals surface area contributed by atoms with Crippen LogP contribution >= 0.6 is 11.6 Å². The SMILES string of the molecule is CCN1CCCC2(S(=O)(=O)c3ccc(Cl)cc3)c3c(F)ccc(F)c3OCC12. The van der Waals surface area contributed by atoms with Crippen molar-refractivity contribution in [2.75, 3.05) is 19.7 Å². The summed E-state index contributed by atoms with van der Waals surface area (Å²) >= 11 is 5.92. The lowest BCUT2D eigenvalue weighted by atomic mass is 9.80. The highest BCUT2D eigenvalue weighted by atomic mass is 35.5. The number of fused-ring (bicyclic) bond motifs is 3. The van der Waals surface area contributed by atoms with Crippen LogP contribution in [0, 0.1) is 11.6 Å². The Morgan fingerprint density at radius 3 is 2.54 bits per heavy atom. The van der Waals surface area contributed by atoms with E-state index in [2.05, 4.69) is 0 Å². The van der Waals surface area contributed by atoms with Crippen LogP contribution < -0.4 is 4.74 Å². The second-order valence-electron chi connectivity index (χ2n) is 7.14. The molecule has 2 aliphatic rings. The number of halogens is 3. The van der Waals surface area contributed by atoms with Crippen molar-refractivity contribution in [3.63, 3.8) is 0 Å². The molecule has 1 saturated heterocycles. The molecule has 0 bridgehead atoms. The maximum absolute atomic E-state index is 15.1. The summed E-state index contributed by atoms with van der Waals surface area (Å²) in [4.78, 5) is 2.01. The van der Waals surface area contributed by atoms with Gasteiger partial charge in [0.05, 0.1) is 16.5 Å². The number of nitrogens with zero attached hydrogens (tertiary/aromatic N) is 1. The molecule has 8 heteroatoms. The minimum Gasteiger partial charge on any atom is -0.488 e. The van der Waals surface area contributed by atoms with Crippen LogP contribution in [-0.4, -0.2) is 39.1 Å². The van der Waals surface area contributed by atoms with Gasteiger partial charge in [0.25, 0.3) is 0 Å². The third-order valence-electron chi connectivity index (χ3n) is 5.85. The van der Waals surface area contributed by atoms with E-state index in [4.69, 9.17) is 16.3 Å². The minimum absolute atomic E-state index is 0.0198. The van der Waals surface area contributed by atoms with Gasteiger partial charge in [0.2, 0.25) is 0 Å². The number of sulfone groups is 1. The van der Waals surface area contributed by atoms with Gasteiger partial charge in [0.15, 0.2) is 21.4 Å². The second-order valence-corrected chi connectivity index (χ2v) is 9.78. The fourth-order valence-electron chi connectivity index (χ4n) is 4.58. The van der Waals surface area contributed by atoms with Crippen LogP contribution in [-0.2, 0) is 14.6 Å².